The lowest BCUT2D eigenvalue weighted by Crippen LogP contribution is -2.29. The first kappa shape index (κ1) is 14.1. The van der Waals surface area contributed by atoms with E-state index in [1.165, 1.54) is 5.69 Å². The van der Waals surface area contributed by atoms with E-state index in [0.29, 0.717) is 5.92 Å². The highest BCUT2D eigenvalue weighted by atomic mass is 16.4. The Labute approximate surface area is 114 Å². The summed E-state index contributed by atoms with van der Waals surface area (Å²) in [4.78, 5) is 10.9. The molecule has 19 heavy (non-hydrogen) atoms. The molecular weight excluding hydrogens is 242 g/mol. The lowest BCUT2D eigenvalue weighted by atomic mass is 9.82. The third-order valence-electron chi connectivity index (χ3n) is 4.03. The van der Waals surface area contributed by atoms with Crippen LogP contribution in [0.4, 0.5) is 0 Å². The molecule has 0 bridgehead atoms. The van der Waals surface area contributed by atoms with E-state index in [1.54, 1.807) is 0 Å². The maximum atomic E-state index is 10.9. The van der Waals surface area contributed by atoms with Gasteiger partial charge in [-0.3, -0.25) is 9.48 Å². The molecule has 0 saturated heterocycles. The van der Waals surface area contributed by atoms with Gasteiger partial charge in [-0.1, -0.05) is 0 Å². The zero-order valence-electron chi connectivity index (χ0n) is 11.7. The van der Waals surface area contributed by atoms with Crippen LogP contribution in [0.25, 0.3) is 0 Å². The maximum absolute atomic E-state index is 10.9. The van der Waals surface area contributed by atoms with Gasteiger partial charge in [0.2, 0.25) is 0 Å². The van der Waals surface area contributed by atoms with Gasteiger partial charge < -0.3 is 10.4 Å². The Bertz CT molecular complexity index is 434. The molecule has 106 valence electrons. The number of carbonyl (C=O) groups is 1. The molecule has 0 atom stereocenters. The van der Waals surface area contributed by atoms with Crippen LogP contribution in [0.3, 0.4) is 0 Å². The summed E-state index contributed by atoms with van der Waals surface area (Å²) < 4.78 is 1.91. The predicted molar refractivity (Wildman–Crippen MR) is 72.7 cm³/mol. The average molecular weight is 265 g/mol. The van der Waals surface area contributed by atoms with Gasteiger partial charge in [0.1, 0.15) is 0 Å². The molecule has 1 aromatic heterocycles. The average Bonchev–Trinajstić information content (AvgIpc) is 2.68. The fourth-order valence-electron chi connectivity index (χ4n) is 2.85. The van der Waals surface area contributed by atoms with E-state index in [4.69, 9.17) is 5.11 Å². The Morgan fingerprint density at radius 3 is 2.68 bits per heavy atom. The molecule has 1 aliphatic rings. The van der Waals surface area contributed by atoms with Crippen molar-refractivity contribution in [3.8, 4) is 0 Å². The lowest BCUT2D eigenvalue weighted by molar-refractivity contribution is -0.143. The van der Waals surface area contributed by atoms with E-state index < -0.39 is 5.97 Å². The first-order valence-electron chi connectivity index (χ1n) is 6.99. The minimum Gasteiger partial charge on any atom is -0.481 e. The van der Waals surface area contributed by atoms with Crippen LogP contribution in [0.5, 0.6) is 0 Å². The zero-order chi connectivity index (χ0) is 13.8. The van der Waals surface area contributed by atoms with Crippen molar-refractivity contribution in [3.05, 3.63) is 17.5 Å². The Kier molecular flexibility index (Phi) is 4.58. The fraction of sp³-hybridized carbons (Fsp3) is 0.714. The van der Waals surface area contributed by atoms with Crippen molar-refractivity contribution >= 4 is 5.97 Å². The number of carboxylic acid groups (broad SMARTS) is 1. The molecule has 0 aromatic carbocycles. The molecule has 0 radical (unpaired) electrons. The van der Waals surface area contributed by atoms with E-state index in [2.05, 4.69) is 16.5 Å². The molecular formula is C14H23N3O2. The molecule has 0 spiro atoms. The molecule has 5 nitrogen and oxygen atoms in total. The van der Waals surface area contributed by atoms with Gasteiger partial charge in [-0.15, -0.1) is 0 Å². The highest BCUT2D eigenvalue weighted by Crippen LogP contribution is 2.28. The normalized spacial score (nSPS) is 23.5. The Morgan fingerprint density at radius 2 is 2.16 bits per heavy atom. The van der Waals surface area contributed by atoms with Gasteiger partial charge in [-0.25, -0.2) is 0 Å². The van der Waals surface area contributed by atoms with Crippen molar-refractivity contribution in [2.45, 2.75) is 39.2 Å². The van der Waals surface area contributed by atoms with Crippen LogP contribution < -0.4 is 5.32 Å². The number of hydrogen-bond acceptors (Lipinski definition) is 3. The van der Waals surface area contributed by atoms with Crippen LogP contribution in [0, 0.1) is 18.8 Å². The summed E-state index contributed by atoms with van der Waals surface area (Å²) in [6.07, 6.45) is 3.70. The van der Waals surface area contributed by atoms with Gasteiger partial charge in [0.05, 0.1) is 17.3 Å². The smallest absolute Gasteiger partial charge is 0.306 e. The second-order valence-electron chi connectivity index (χ2n) is 5.59. The van der Waals surface area contributed by atoms with E-state index in [9.17, 15) is 4.79 Å². The van der Waals surface area contributed by atoms with Crippen molar-refractivity contribution in [2.24, 2.45) is 18.9 Å². The molecule has 5 heteroatoms. The highest BCUT2D eigenvalue weighted by molar-refractivity contribution is 5.69. The summed E-state index contributed by atoms with van der Waals surface area (Å²) in [5, 5.41) is 16.7. The van der Waals surface area contributed by atoms with E-state index in [0.717, 1.165) is 44.5 Å². The largest absolute Gasteiger partial charge is 0.481 e. The number of carboxylic acids is 1. The van der Waals surface area contributed by atoms with Crippen LogP contribution in [0.15, 0.2) is 6.07 Å². The topological polar surface area (TPSA) is 67.2 Å². The van der Waals surface area contributed by atoms with Crippen LogP contribution in [-0.4, -0.2) is 27.4 Å². The van der Waals surface area contributed by atoms with Gasteiger partial charge in [0, 0.05) is 13.6 Å². The molecule has 2 N–H and O–H groups in total. The monoisotopic (exact) mass is 265 g/mol. The quantitative estimate of drug-likeness (QED) is 0.850. The van der Waals surface area contributed by atoms with Crippen molar-refractivity contribution < 1.29 is 9.90 Å². The first-order valence-corrected chi connectivity index (χ1v) is 6.99. The van der Waals surface area contributed by atoms with Crippen molar-refractivity contribution in [1.29, 1.82) is 0 Å². The maximum Gasteiger partial charge on any atom is 0.306 e. The zero-order valence-corrected chi connectivity index (χ0v) is 11.7. The minimum absolute atomic E-state index is 0.115. The van der Waals surface area contributed by atoms with Gasteiger partial charge in [0.15, 0.2) is 0 Å². The number of nitrogens with one attached hydrogen (secondary N) is 1. The molecule has 1 fully saturated rings. The van der Waals surface area contributed by atoms with Gasteiger partial charge in [-0.2, -0.15) is 5.10 Å². The number of nitrogens with zero attached hydrogens (tertiary/aromatic N) is 2. The molecule has 2 rings (SSSR count). The minimum atomic E-state index is -0.628. The Balaban J connectivity index is 1.70. The number of hydrogen-bond donors (Lipinski definition) is 2. The summed E-state index contributed by atoms with van der Waals surface area (Å²) in [7, 11) is 1.96. The van der Waals surface area contributed by atoms with E-state index >= 15 is 0 Å². The molecule has 1 aliphatic carbocycles. The van der Waals surface area contributed by atoms with Crippen LogP contribution in [0.2, 0.25) is 0 Å². The summed E-state index contributed by atoms with van der Waals surface area (Å²) in [5.41, 5.74) is 2.23. The summed E-state index contributed by atoms with van der Waals surface area (Å²) >= 11 is 0. The van der Waals surface area contributed by atoms with E-state index in [1.807, 2.05) is 18.7 Å². The predicted octanol–water partition coefficient (Wildman–Crippen LogP) is 1.71. The summed E-state index contributed by atoms with van der Waals surface area (Å²) in [6.45, 7) is 3.80. The molecule has 1 aromatic rings. The first-order chi connectivity index (χ1) is 9.06. The van der Waals surface area contributed by atoms with Gasteiger partial charge >= 0.3 is 5.97 Å². The van der Waals surface area contributed by atoms with Gasteiger partial charge in [0.25, 0.3) is 0 Å². The number of aromatic nitrogens is 2. The molecule has 0 aliphatic heterocycles. The lowest BCUT2D eigenvalue weighted by Gasteiger charge is -2.26. The number of aliphatic carboxylic acids is 1. The highest BCUT2D eigenvalue weighted by Gasteiger charge is 2.25. The molecule has 1 saturated carbocycles. The number of rotatable bonds is 5. The Hall–Kier alpha value is -1.36. The van der Waals surface area contributed by atoms with Crippen molar-refractivity contribution in [3.63, 3.8) is 0 Å². The van der Waals surface area contributed by atoms with Crippen LogP contribution in [0.1, 0.15) is 37.1 Å². The SMILES string of the molecule is Cc1cc(CNCC2CCC(C(=O)O)CC2)n(C)n1. The van der Waals surface area contributed by atoms with Crippen molar-refractivity contribution in [1.82, 2.24) is 15.1 Å². The van der Waals surface area contributed by atoms with E-state index in [-0.39, 0.29) is 5.92 Å². The third-order valence-corrected chi connectivity index (χ3v) is 4.03. The van der Waals surface area contributed by atoms with Gasteiger partial charge in [-0.05, 0) is 51.1 Å². The van der Waals surface area contributed by atoms with Crippen LogP contribution in [-0.2, 0) is 18.4 Å². The molecule has 0 unspecified atom stereocenters. The summed E-state index contributed by atoms with van der Waals surface area (Å²) in [5.74, 6) is -0.127. The summed E-state index contributed by atoms with van der Waals surface area (Å²) in [6, 6.07) is 2.09. The molecule has 0 amide bonds. The van der Waals surface area contributed by atoms with Crippen molar-refractivity contribution in [2.75, 3.05) is 6.54 Å². The van der Waals surface area contributed by atoms with Crippen LogP contribution >= 0.6 is 0 Å². The Morgan fingerprint density at radius 1 is 1.47 bits per heavy atom. The molecule has 1 heterocycles. The number of aryl methyl sites for hydroxylation is 2. The standard InChI is InChI=1S/C14H23N3O2/c1-10-7-13(17(2)16-10)9-15-8-11-3-5-12(6-4-11)14(18)19/h7,11-12,15H,3-6,8-9H2,1-2H3,(H,18,19). The second kappa shape index (κ2) is 6.19. The second-order valence-corrected chi connectivity index (χ2v) is 5.59. The third kappa shape index (κ3) is 3.80. The fourth-order valence-corrected chi connectivity index (χ4v) is 2.85.